The van der Waals surface area contributed by atoms with Crippen LogP contribution in [0.5, 0.6) is 0 Å². The summed E-state index contributed by atoms with van der Waals surface area (Å²) in [5, 5.41) is 15.6. The zero-order valence-electron chi connectivity index (χ0n) is 16.7. The Kier molecular flexibility index (Phi) is 5.57. The van der Waals surface area contributed by atoms with Crippen LogP contribution in [0.15, 0.2) is 54.7 Å². The van der Waals surface area contributed by atoms with Crippen molar-refractivity contribution in [3.8, 4) is 17.3 Å². The SMILES string of the molecule is CC(=O)Nc1cccc(Nc2nccc(-c3ccc(N4CCCC4)c(C#N)c3)n2)c1. The molecule has 1 aliphatic heterocycles. The van der Waals surface area contributed by atoms with E-state index < -0.39 is 0 Å². The second-order valence-corrected chi connectivity index (χ2v) is 7.19. The van der Waals surface area contributed by atoms with Gasteiger partial charge in [-0.1, -0.05) is 12.1 Å². The van der Waals surface area contributed by atoms with Crippen LogP contribution in [-0.2, 0) is 4.79 Å². The van der Waals surface area contributed by atoms with Crippen molar-refractivity contribution in [1.29, 1.82) is 5.26 Å². The Morgan fingerprint density at radius 1 is 1.10 bits per heavy atom. The van der Waals surface area contributed by atoms with Gasteiger partial charge >= 0.3 is 0 Å². The van der Waals surface area contributed by atoms with Crippen LogP contribution in [0.3, 0.4) is 0 Å². The van der Waals surface area contributed by atoms with Crippen LogP contribution in [0.4, 0.5) is 23.0 Å². The van der Waals surface area contributed by atoms with Crippen molar-refractivity contribution < 1.29 is 4.79 Å². The number of nitriles is 1. The summed E-state index contributed by atoms with van der Waals surface area (Å²) >= 11 is 0. The van der Waals surface area contributed by atoms with Gasteiger partial charge < -0.3 is 15.5 Å². The van der Waals surface area contributed by atoms with E-state index in [0.29, 0.717) is 17.2 Å². The Bertz CT molecular complexity index is 1110. The number of nitrogens with one attached hydrogen (secondary N) is 2. The minimum atomic E-state index is -0.129. The fourth-order valence-corrected chi connectivity index (χ4v) is 3.61. The fourth-order valence-electron chi connectivity index (χ4n) is 3.61. The first kappa shape index (κ1) is 19.4. The number of hydrogen-bond acceptors (Lipinski definition) is 6. The van der Waals surface area contributed by atoms with E-state index in [1.807, 2.05) is 48.5 Å². The number of aromatic nitrogens is 2. The number of carbonyl (C=O) groups excluding carboxylic acids is 1. The number of hydrogen-bond donors (Lipinski definition) is 2. The number of anilines is 4. The predicted molar refractivity (Wildman–Crippen MR) is 118 cm³/mol. The van der Waals surface area contributed by atoms with E-state index >= 15 is 0 Å². The first-order valence-electron chi connectivity index (χ1n) is 9.89. The molecule has 0 saturated carbocycles. The van der Waals surface area contributed by atoms with Crippen LogP contribution in [0.1, 0.15) is 25.3 Å². The number of nitrogens with zero attached hydrogens (tertiary/aromatic N) is 4. The predicted octanol–water partition coefficient (Wildman–Crippen LogP) is 4.32. The number of carbonyl (C=O) groups is 1. The van der Waals surface area contributed by atoms with Gasteiger partial charge in [-0.05, 0) is 49.2 Å². The first-order valence-corrected chi connectivity index (χ1v) is 9.89. The van der Waals surface area contributed by atoms with Crippen molar-refractivity contribution in [1.82, 2.24) is 9.97 Å². The van der Waals surface area contributed by atoms with E-state index in [-0.39, 0.29) is 5.91 Å². The number of amides is 1. The van der Waals surface area contributed by atoms with Crippen LogP contribution in [0.2, 0.25) is 0 Å². The van der Waals surface area contributed by atoms with Gasteiger partial charge in [0.05, 0.1) is 16.9 Å². The highest BCUT2D eigenvalue weighted by atomic mass is 16.1. The Hall–Kier alpha value is -3.92. The maximum atomic E-state index is 11.3. The average molecular weight is 398 g/mol. The summed E-state index contributed by atoms with van der Waals surface area (Å²) in [5.74, 6) is 0.311. The molecule has 150 valence electrons. The van der Waals surface area contributed by atoms with Crippen molar-refractivity contribution in [3.63, 3.8) is 0 Å². The lowest BCUT2D eigenvalue weighted by Gasteiger charge is -2.19. The second kappa shape index (κ2) is 8.62. The highest BCUT2D eigenvalue weighted by Crippen LogP contribution is 2.29. The van der Waals surface area contributed by atoms with Crippen molar-refractivity contribution in [2.75, 3.05) is 28.6 Å². The minimum Gasteiger partial charge on any atom is -0.370 e. The van der Waals surface area contributed by atoms with Gasteiger partial charge in [0, 0.05) is 43.1 Å². The quantitative estimate of drug-likeness (QED) is 0.665. The van der Waals surface area contributed by atoms with E-state index in [4.69, 9.17) is 0 Å². The van der Waals surface area contributed by atoms with Gasteiger partial charge in [-0.3, -0.25) is 4.79 Å². The molecule has 0 unspecified atom stereocenters. The lowest BCUT2D eigenvalue weighted by atomic mass is 10.1. The van der Waals surface area contributed by atoms with Gasteiger partial charge in [0.15, 0.2) is 0 Å². The summed E-state index contributed by atoms with van der Waals surface area (Å²) in [6.45, 7) is 3.46. The molecule has 2 heterocycles. The van der Waals surface area contributed by atoms with Gasteiger partial charge in [0.25, 0.3) is 0 Å². The third-order valence-corrected chi connectivity index (χ3v) is 4.95. The molecule has 3 aromatic rings. The van der Waals surface area contributed by atoms with Gasteiger partial charge in [-0.25, -0.2) is 9.97 Å². The normalized spacial score (nSPS) is 13.0. The number of benzene rings is 2. The summed E-state index contributed by atoms with van der Waals surface area (Å²) in [6.07, 6.45) is 4.01. The van der Waals surface area contributed by atoms with E-state index in [2.05, 4.69) is 31.6 Å². The molecule has 0 spiro atoms. The fraction of sp³-hybridized carbons (Fsp3) is 0.217. The molecule has 30 heavy (non-hydrogen) atoms. The third-order valence-electron chi connectivity index (χ3n) is 4.95. The van der Waals surface area contributed by atoms with Crippen molar-refractivity contribution in [2.24, 2.45) is 0 Å². The molecule has 4 rings (SSSR count). The first-order chi connectivity index (χ1) is 14.6. The van der Waals surface area contributed by atoms with Gasteiger partial charge in [-0.2, -0.15) is 5.26 Å². The Morgan fingerprint density at radius 3 is 2.67 bits per heavy atom. The van der Waals surface area contributed by atoms with E-state index in [0.717, 1.165) is 48.6 Å². The van der Waals surface area contributed by atoms with E-state index in [1.165, 1.54) is 6.92 Å². The molecule has 1 amide bonds. The zero-order chi connectivity index (χ0) is 20.9. The smallest absolute Gasteiger partial charge is 0.227 e. The maximum absolute atomic E-state index is 11.3. The molecular formula is C23H22N6O. The Morgan fingerprint density at radius 2 is 1.90 bits per heavy atom. The van der Waals surface area contributed by atoms with Crippen molar-refractivity contribution in [3.05, 3.63) is 60.3 Å². The minimum absolute atomic E-state index is 0.129. The molecule has 1 saturated heterocycles. The molecule has 7 nitrogen and oxygen atoms in total. The van der Waals surface area contributed by atoms with Gasteiger partial charge in [0.1, 0.15) is 6.07 Å². The standard InChI is InChI=1S/C23H22N6O/c1-16(30)26-19-5-4-6-20(14-19)27-23-25-10-9-21(28-23)17-7-8-22(18(13-17)15-24)29-11-2-3-12-29/h4-10,13-14H,2-3,11-12H2,1H3,(H,26,30)(H,25,27,28). The van der Waals surface area contributed by atoms with Crippen LogP contribution in [0.25, 0.3) is 11.3 Å². The van der Waals surface area contributed by atoms with Crippen LogP contribution in [0, 0.1) is 11.3 Å². The van der Waals surface area contributed by atoms with Crippen molar-refractivity contribution in [2.45, 2.75) is 19.8 Å². The molecule has 2 aromatic carbocycles. The third kappa shape index (κ3) is 4.39. The van der Waals surface area contributed by atoms with Crippen LogP contribution < -0.4 is 15.5 Å². The summed E-state index contributed by atoms with van der Waals surface area (Å²) in [5.41, 5.74) is 4.70. The van der Waals surface area contributed by atoms with E-state index in [9.17, 15) is 10.1 Å². The number of rotatable bonds is 5. The summed E-state index contributed by atoms with van der Waals surface area (Å²) < 4.78 is 0. The van der Waals surface area contributed by atoms with Gasteiger partial charge in [0.2, 0.25) is 11.9 Å². The molecule has 0 aliphatic carbocycles. The molecule has 0 atom stereocenters. The average Bonchev–Trinajstić information content (AvgIpc) is 3.28. The summed E-state index contributed by atoms with van der Waals surface area (Å²) in [6, 6.07) is 17.4. The highest BCUT2D eigenvalue weighted by Gasteiger charge is 2.16. The summed E-state index contributed by atoms with van der Waals surface area (Å²) in [7, 11) is 0. The molecule has 7 heteroatoms. The molecular weight excluding hydrogens is 376 g/mol. The zero-order valence-corrected chi connectivity index (χ0v) is 16.7. The van der Waals surface area contributed by atoms with Crippen LogP contribution in [-0.4, -0.2) is 29.0 Å². The molecule has 1 fully saturated rings. The van der Waals surface area contributed by atoms with Crippen LogP contribution >= 0.6 is 0 Å². The van der Waals surface area contributed by atoms with E-state index in [1.54, 1.807) is 6.20 Å². The Labute approximate surface area is 175 Å². The van der Waals surface area contributed by atoms with Gasteiger partial charge in [-0.15, -0.1) is 0 Å². The second-order valence-electron chi connectivity index (χ2n) is 7.19. The molecule has 1 aliphatic rings. The molecule has 0 radical (unpaired) electrons. The lowest BCUT2D eigenvalue weighted by molar-refractivity contribution is -0.114. The monoisotopic (exact) mass is 398 g/mol. The maximum Gasteiger partial charge on any atom is 0.227 e. The van der Waals surface area contributed by atoms with Crippen molar-refractivity contribution >= 4 is 28.9 Å². The summed E-state index contributed by atoms with van der Waals surface area (Å²) in [4.78, 5) is 22.4. The lowest BCUT2D eigenvalue weighted by Crippen LogP contribution is -2.18. The topological polar surface area (TPSA) is 93.9 Å². The Balaban J connectivity index is 1.58. The molecule has 2 N–H and O–H groups in total. The largest absolute Gasteiger partial charge is 0.370 e. The molecule has 0 bridgehead atoms. The molecule has 1 aromatic heterocycles. The highest BCUT2D eigenvalue weighted by molar-refractivity contribution is 5.89.